The second-order valence-corrected chi connectivity index (χ2v) is 5.12. The third-order valence-corrected chi connectivity index (χ3v) is 3.75. The van der Waals surface area contributed by atoms with Gasteiger partial charge in [0, 0.05) is 6.07 Å². The Bertz CT molecular complexity index is 808. The van der Waals surface area contributed by atoms with Gasteiger partial charge in [0.25, 0.3) is 11.8 Å². The number of benzene rings is 1. The molecule has 1 aromatic carbocycles. The number of aromatic nitrogens is 2. The van der Waals surface area contributed by atoms with Crippen molar-refractivity contribution in [1.29, 1.82) is 0 Å². The van der Waals surface area contributed by atoms with E-state index >= 15 is 0 Å². The molecule has 0 fully saturated rings. The fraction of sp³-hybridized carbons (Fsp3) is 0.250. The molecule has 0 spiro atoms. The fourth-order valence-corrected chi connectivity index (χ4v) is 2.58. The number of anilines is 1. The lowest BCUT2D eigenvalue weighted by atomic mass is 10.1. The standard InChI is InChI=1S/C16H15N3O5/c1-3-11(16(21)22)19-12-8-9(23-2)4-5-13(12)24-14-10(15(19)20)6-7-17-18-14/h4-8,11H,3H2,1-2H3,(H,21,22). The number of hydrogen-bond donors (Lipinski definition) is 1. The van der Waals surface area contributed by atoms with Crippen molar-refractivity contribution in [1.82, 2.24) is 10.2 Å². The van der Waals surface area contributed by atoms with E-state index in [1.165, 1.54) is 24.3 Å². The van der Waals surface area contributed by atoms with Crippen molar-refractivity contribution in [2.45, 2.75) is 19.4 Å². The van der Waals surface area contributed by atoms with Crippen LogP contribution in [0.15, 0.2) is 30.5 Å². The van der Waals surface area contributed by atoms with Gasteiger partial charge >= 0.3 is 5.97 Å². The predicted octanol–water partition coefficient (Wildman–Crippen LogP) is 2.10. The molecule has 1 amide bonds. The Hall–Kier alpha value is -3.16. The van der Waals surface area contributed by atoms with Gasteiger partial charge in [-0.05, 0) is 24.6 Å². The van der Waals surface area contributed by atoms with E-state index in [2.05, 4.69) is 10.2 Å². The topological polar surface area (TPSA) is 102 Å². The van der Waals surface area contributed by atoms with Gasteiger partial charge in [-0.3, -0.25) is 9.69 Å². The molecule has 1 unspecified atom stereocenters. The number of carboxylic acids is 1. The molecule has 24 heavy (non-hydrogen) atoms. The lowest BCUT2D eigenvalue weighted by Crippen LogP contribution is -2.44. The number of rotatable bonds is 4. The van der Waals surface area contributed by atoms with Gasteiger partial charge in [-0.2, -0.15) is 5.10 Å². The van der Waals surface area contributed by atoms with Crippen molar-refractivity contribution < 1.29 is 24.2 Å². The summed E-state index contributed by atoms with van der Waals surface area (Å²) in [5.74, 6) is -0.793. The van der Waals surface area contributed by atoms with Crippen molar-refractivity contribution in [3.8, 4) is 17.4 Å². The number of carbonyl (C=O) groups is 2. The molecule has 8 heteroatoms. The van der Waals surface area contributed by atoms with Crippen LogP contribution in [0.4, 0.5) is 5.69 Å². The van der Waals surface area contributed by atoms with Crippen LogP contribution in [0.3, 0.4) is 0 Å². The van der Waals surface area contributed by atoms with Crippen LogP contribution in [0.2, 0.25) is 0 Å². The average Bonchev–Trinajstić information content (AvgIpc) is 2.70. The molecule has 0 saturated heterocycles. The van der Waals surface area contributed by atoms with Gasteiger partial charge in [0.05, 0.1) is 19.0 Å². The van der Waals surface area contributed by atoms with Gasteiger partial charge in [-0.15, -0.1) is 5.10 Å². The first-order valence-electron chi connectivity index (χ1n) is 7.30. The molecule has 3 rings (SSSR count). The van der Waals surface area contributed by atoms with E-state index in [9.17, 15) is 14.7 Å². The summed E-state index contributed by atoms with van der Waals surface area (Å²) in [7, 11) is 1.49. The molecule has 2 aromatic rings. The summed E-state index contributed by atoms with van der Waals surface area (Å²) >= 11 is 0. The number of fused-ring (bicyclic) bond motifs is 2. The van der Waals surface area contributed by atoms with Crippen LogP contribution in [0.25, 0.3) is 0 Å². The minimum absolute atomic E-state index is 0.0386. The molecule has 8 nitrogen and oxygen atoms in total. The Morgan fingerprint density at radius 1 is 1.42 bits per heavy atom. The summed E-state index contributed by atoms with van der Waals surface area (Å²) < 4.78 is 10.9. The van der Waals surface area contributed by atoms with Crippen LogP contribution in [0.1, 0.15) is 23.7 Å². The monoisotopic (exact) mass is 329 g/mol. The maximum absolute atomic E-state index is 13.0. The zero-order valence-electron chi connectivity index (χ0n) is 13.1. The first-order valence-corrected chi connectivity index (χ1v) is 7.30. The lowest BCUT2D eigenvalue weighted by molar-refractivity contribution is -0.138. The fourth-order valence-electron chi connectivity index (χ4n) is 2.58. The van der Waals surface area contributed by atoms with Crippen LogP contribution in [-0.4, -0.2) is 40.3 Å². The molecule has 124 valence electrons. The van der Waals surface area contributed by atoms with Crippen LogP contribution < -0.4 is 14.4 Å². The Balaban J connectivity index is 2.25. The number of nitrogens with zero attached hydrogens (tertiary/aromatic N) is 3. The summed E-state index contributed by atoms with van der Waals surface area (Å²) in [6.07, 6.45) is 1.59. The van der Waals surface area contributed by atoms with Crippen LogP contribution in [0, 0.1) is 0 Å². The normalized spacial score (nSPS) is 14.1. The molecule has 1 N–H and O–H groups in total. The predicted molar refractivity (Wildman–Crippen MR) is 83.6 cm³/mol. The first-order chi connectivity index (χ1) is 11.6. The number of amides is 1. The third-order valence-electron chi connectivity index (χ3n) is 3.75. The van der Waals surface area contributed by atoms with Crippen LogP contribution >= 0.6 is 0 Å². The van der Waals surface area contributed by atoms with E-state index in [1.807, 2.05) is 0 Å². The Kier molecular flexibility index (Phi) is 4.03. The van der Waals surface area contributed by atoms with E-state index in [-0.39, 0.29) is 17.9 Å². The highest BCUT2D eigenvalue weighted by atomic mass is 16.5. The van der Waals surface area contributed by atoms with Gasteiger partial charge in [0.2, 0.25) is 0 Å². The van der Waals surface area contributed by atoms with E-state index < -0.39 is 17.9 Å². The van der Waals surface area contributed by atoms with E-state index in [0.717, 1.165) is 0 Å². The first kappa shape index (κ1) is 15.7. The number of methoxy groups -OCH3 is 1. The quantitative estimate of drug-likeness (QED) is 0.916. The highest BCUT2D eigenvalue weighted by Crippen LogP contribution is 2.41. The molecular weight excluding hydrogens is 314 g/mol. The molecule has 0 saturated carbocycles. The lowest BCUT2D eigenvalue weighted by Gasteiger charge is -2.27. The average molecular weight is 329 g/mol. The molecule has 0 bridgehead atoms. The maximum atomic E-state index is 13.0. The van der Waals surface area contributed by atoms with Gasteiger partial charge in [-0.25, -0.2) is 4.79 Å². The number of carboxylic acid groups (broad SMARTS) is 1. The zero-order valence-corrected chi connectivity index (χ0v) is 13.1. The van der Waals surface area contributed by atoms with Gasteiger partial charge < -0.3 is 14.6 Å². The Morgan fingerprint density at radius 3 is 2.88 bits per heavy atom. The second-order valence-electron chi connectivity index (χ2n) is 5.12. The minimum atomic E-state index is -1.11. The second kappa shape index (κ2) is 6.15. The van der Waals surface area contributed by atoms with Crippen LogP contribution in [-0.2, 0) is 4.79 Å². The van der Waals surface area contributed by atoms with Crippen molar-refractivity contribution >= 4 is 17.6 Å². The SMILES string of the molecule is CCC(C(=O)O)N1C(=O)c2ccnnc2Oc2ccc(OC)cc21. The summed E-state index contributed by atoms with van der Waals surface area (Å²) in [5, 5.41) is 17.1. The smallest absolute Gasteiger partial charge is 0.326 e. The molecule has 1 aromatic heterocycles. The largest absolute Gasteiger partial charge is 0.497 e. The van der Waals surface area contributed by atoms with Crippen molar-refractivity contribution in [2.75, 3.05) is 12.0 Å². The molecule has 1 aliphatic rings. The van der Waals surface area contributed by atoms with Crippen molar-refractivity contribution in [3.05, 3.63) is 36.0 Å². The molecule has 1 atom stereocenters. The highest BCUT2D eigenvalue weighted by molar-refractivity contribution is 6.12. The van der Waals surface area contributed by atoms with Gasteiger partial charge in [0.15, 0.2) is 5.75 Å². The number of hydrogen-bond acceptors (Lipinski definition) is 6. The molecule has 2 heterocycles. The number of carbonyl (C=O) groups excluding carboxylic acids is 1. The van der Waals surface area contributed by atoms with Gasteiger partial charge in [0.1, 0.15) is 17.4 Å². The van der Waals surface area contributed by atoms with E-state index in [4.69, 9.17) is 9.47 Å². The van der Waals surface area contributed by atoms with E-state index in [0.29, 0.717) is 17.2 Å². The van der Waals surface area contributed by atoms with E-state index in [1.54, 1.807) is 25.1 Å². The van der Waals surface area contributed by atoms with Crippen LogP contribution in [0.5, 0.6) is 17.4 Å². The Morgan fingerprint density at radius 2 is 2.21 bits per heavy atom. The van der Waals surface area contributed by atoms with Crippen molar-refractivity contribution in [2.24, 2.45) is 0 Å². The summed E-state index contributed by atoms with van der Waals surface area (Å²) in [5.41, 5.74) is 0.464. The summed E-state index contributed by atoms with van der Waals surface area (Å²) in [4.78, 5) is 25.8. The molecule has 1 aliphatic heterocycles. The van der Waals surface area contributed by atoms with Crippen molar-refractivity contribution in [3.63, 3.8) is 0 Å². The number of aliphatic carboxylic acids is 1. The zero-order chi connectivity index (χ0) is 17.3. The third kappa shape index (κ3) is 2.51. The highest BCUT2D eigenvalue weighted by Gasteiger charge is 2.36. The van der Waals surface area contributed by atoms with Gasteiger partial charge in [-0.1, -0.05) is 6.92 Å². The summed E-state index contributed by atoms with van der Waals surface area (Å²) in [6.45, 7) is 1.70. The minimum Gasteiger partial charge on any atom is -0.497 e. The summed E-state index contributed by atoms with van der Waals surface area (Å²) in [6, 6.07) is 5.23. The molecular formula is C16H15N3O5. The molecule has 0 radical (unpaired) electrons. The Labute approximate surface area is 137 Å². The molecule has 0 aliphatic carbocycles. The number of ether oxygens (including phenoxy) is 2. The maximum Gasteiger partial charge on any atom is 0.326 e.